The van der Waals surface area contributed by atoms with E-state index in [0.717, 1.165) is 0 Å². The maximum absolute atomic E-state index is 11.8. The Hall–Kier alpha value is -1.59. The smallest absolute Gasteiger partial charge is 0.310 e. The van der Waals surface area contributed by atoms with Crippen LogP contribution < -0.4 is 4.18 Å². The summed E-state index contributed by atoms with van der Waals surface area (Å²) in [5, 5.41) is 0. The largest absolute Gasteiger partial charge is 0.382 e. The molecule has 0 aromatic heterocycles. The Balaban J connectivity index is 2.54. The van der Waals surface area contributed by atoms with Crippen molar-refractivity contribution in [1.82, 2.24) is 4.90 Å². The van der Waals surface area contributed by atoms with Gasteiger partial charge in [-0.05, 0) is 12.1 Å². The molecule has 104 valence electrons. The summed E-state index contributed by atoms with van der Waals surface area (Å²) in [7, 11) is -3.58. The highest BCUT2D eigenvalue weighted by atomic mass is 32.2. The summed E-state index contributed by atoms with van der Waals surface area (Å²) in [6.07, 6.45) is 3.46. The van der Waals surface area contributed by atoms with E-state index in [-0.39, 0.29) is 5.75 Å². The molecule has 0 spiro atoms. The molecule has 1 aromatic carbocycles. The van der Waals surface area contributed by atoms with Gasteiger partial charge in [-0.25, -0.2) is 0 Å². The lowest BCUT2D eigenvalue weighted by Crippen LogP contribution is -2.31. The molecule has 0 radical (unpaired) electrons. The molecule has 0 saturated carbocycles. The fourth-order valence-corrected chi connectivity index (χ4v) is 2.50. The van der Waals surface area contributed by atoms with Gasteiger partial charge in [-0.15, -0.1) is 13.2 Å². The Bertz CT molecular complexity index is 487. The average molecular weight is 281 g/mol. The van der Waals surface area contributed by atoms with E-state index in [1.807, 2.05) is 4.90 Å². The highest BCUT2D eigenvalue weighted by molar-refractivity contribution is 7.87. The molecule has 0 aliphatic carbocycles. The maximum Gasteiger partial charge on any atom is 0.310 e. The van der Waals surface area contributed by atoms with Crippen LogP contribution in [0.5, 0.6) is 5.75 Å². The van der Waals surface area contributed by atoms with E-state index < -0.39 is 10.1 Å². The predicted octanol–water partition coefficient (Wildman–Crippen LogP) is 2.07. The van der Waals surface area contributed by atoms with Gasteiger partial charge >= 0.3 is 10.1 Å². The van der Waals surface area contributed by atoms with Crippen molar-refractivity contribution in [3.05, 3.63) is 55.6 Å². The number of para-hydroxylation sites is 1. The quantitative estimate of drug-likeness (QED) is 0.513. The number of hydrogen-bond acceptors (Lipinski definition) is 4. The van der Waals surface area contributed by atoms with E-state index in [1.165, 1.54) is 0 Å². The molecule has 1 aromatic rings. The van der Waals surface area contributed by atoms with E-state index in [2.05, 4.69) is 13.2 Å². The molecule has 0 atom stereocenters. The van der Waals surface area contributed by atoms with E-state index in [1.54, 1.807) is 42.5 Å². The van der Waals surface area contributed by atoms with E-state index in [9.17, 15) is 8.42 Å². The normalized spacial score (nSPS) is 11.2. The summed E-state index contributed by atoms with van der Waals surface area (Å²) >= 11 is 0. The first-order valence-electron chi connectivity index (χ1n) is 5.99. The minimum absolute atomic E-state index is 0.0659. The van der Waals surface area contributed by atoms with Gasteiger partial charge in [0.05, 0.1) is 5.75 Å². The molecule has 5 heteroatoms. The van der Waals surface area contributed by atoms with Crippen LogP contribution >= 0.6 is 0 Å². The van der Waals surface area contributed by atoms with Crippen LogP contribution in [0.1, 0.15) is 0 Å². The second kappa shape index (κ2) is 7.76. The van der Waals surface area contributed by atoms with E-state index >= 15 is 0 Å². The first kappa shape index (κ1) is 15.5. The summed E-state index contributed by atoms with van der Waals surface area (Å²) in [5.74, 6) is 0.269. The van der Waals surface area contributed by atoms with Crippen molar-refractivity contribution >= 4 is 10.1 Å². The standard InChI is InChI=1S/C14H19NO3S/c1-3-10-15(11-4-2)12-13-19(16,17)18-14-8-6-5-7-9-14/h3-9H,1-2,10-13H2. The SMILES string of the molecule is C=CCN(CC=C)CCS(=O)(=O)Oc1ccccc1. The third-order valence-electron chi connectivity index (χ3n) is 2.40. The van der Waals surface area contributed by atoms with E-state index in [0.29, 0.717) is 25.4 Å². The number of benzene rings is 1. The molecule has 0 saturated heterocycles. The van der Waals surface area contributed by atoms with Crippen molar-refractivity contribution in [2.45, 2.75) is 0 Å². The molecular formula is C14H19NO3S. The van der Waals surface area contributed by atoms with Crippen LogP contribution in [0, 0.1) is 0 Å². The van der Waals surface area contributed by atoms with Crippen LogP contribution in [-0.4, -0.2) is 38.7 Å². The van der Waals surface area contributed by atoms with Crippen molar-refractivity contribution in [2.24, 2.45) is 0 Å². The minimum Gasteiger partial charge on any atom is -0.382 e. The third kappa shape index (κ3) is 6.22. The molecule has 19 heavy (non-hydrogen) atoms. The van der Waals surface area contributed by atoms with Crippen molar-refractivity contribution in [2.75, 3.05) is 25.4 Å². The fourth-order valence-electron chi connectivity index (χ4n) is 1.53. The molecule has 0 N–H and O–H groups in total. The molecule has 0 bridgehead atoms. The second-order valence-electron chi connectivity index (χ2n) is 4.00. The zero-order valence-electron chi connectivity index (χ0n) is 10.9. The van der Waals surface area contributed by atoms with Gasteiger partial charge in [0.15, 0.2) is 0 Å². The van der Waals surface area contributed by atoms with Gasteiger partial charge in [0.2, 0.25) is 0 Å². The topological polar surface area (TPSA) is 46.6 Å². The lowest BCUT2D eigenvalue weighted by Gasteiger charge is -2.18. The highest BCUT2D eigenvalue weighted by Gasteiger charge is 2.14. The molecule has 0 heterocycles. The van der Waals surface area contributed by atoms with Crippen LogP contribution in [0.15, 0.2) is 55.6 Å². The van der Waals surface area contributed by atoms with Crippen molar-refractivity contribution in [3.8, 4) is 5.75 Å². The third-order valence-corrected chi connectivity index (χ3v) is 3.53. The lowest BCUT2D eigenvalue weighted by molar-refractivity contribution is 0.351. The minimum atomic E-state index is -3.58. The summed E-state index contributed by atoms with van der Waals surface area (Å²) < 4.78 is 28.6. The van der Waals surface area contributed by atoms with Crippen LogP contribution in [0.4, 0.5) is 0 Å². The number of hydrogen-bond donors (Lipinski definition) is 0. The first-order chi connectivity index (χ1) is 9.07. The molecule has 0 unspecified atom stereocenters. The van der Waals surface area contributed by atoms with Crippen LogP contribution in [0.3, 0.4) is 0 Å². The molecule has 0 aliphatic heterocycles. The Morgan fingerprint density at radius 3 is 2.21 bits per heavy atom. The molecule has 0 fully saturated rings. The monoisotopic (exact) mass is 281 g/mol. The fraction of sp³-hybridized carbons (Fsp3) is 0.286. The lowest BCUT2D eigenvalue weighted by atomic mass is 10.3. The Kier molecular flexibility index (Phi) is 6.32. The van der Waals surface area contributed by atoms with E-state index in [4.69, 9.17) is 4.18 Å². The molecule has 1 rings (SSSR count). The Morgan fingerprint density at radius 1 is 1.11 bits per heavy atom. The number of nitrogens with zero attached hydrogens (tertiary/aromatic N) is 1. The second-order valence-corrected chi connectivity index (χ2v) is 5.69. The Labute approximate surface area is 115 Å². The summed E-state index contributed by atoms with van der Waals surface area (Å²) in [6, 6.07) is 8.49. The summed E-state index contributed by atoms with van der Waals surface area (Å²) in [6.45, 7) is 8.89. The van der Waals surface area contributed by atoms with Gasteiger partial charge in [0, 0.05) is 19.6 Å². The molecule has 0 aliphatic rings. The van der Waals surface area contributed by atoms with Crippen molar-refractivity contribution < 1.29 is 12.6 Å². The van der Waals surface area contributed by atoms with Gasteiger partial charge < -0.3 is 4.18 Å². The van der Waals surface area contributed by atoms with Gasteiger partial charge in [-0.1, -0.05) is 30.4 Å². The molecule has 4 nitrogen and oxygen atoms in total. The van der Waals surface area contributed by atoms with Crippen LogP contribution in [0.2, 0.25) is 0 Å². The number of rotatable bonds is 9. The van der Waals surface area contributed by atoms with Gasteiger partial charge in [-0.2, -0.15) is 8.42 Å². The Morgan fingerprint density at radius 2 is 1.68 bits per heavy atom. The van der Waals surface area contributed by atoms with Crippen LogP contribution in [0.25, 0.3) is 0 Å². The maximum atomic E-state index is 11.8. The van der Waals surface area contributed by atoms with Crippen LogP contribution in [-0.2, 0) is 10.1 Å². The van der Waals surface area contributed by atoms with Gasteiger partial charge in [0.1, 0.15) is 5.75 Å². The first-order valence-corrected chi connectivity index (χ1v) is 7.56. The summed E-state index contributed by atoms with van der Waals surface area (Å²) in [4.78, 5) is 1.92. The summed E-state index contributed by atoms with van der Waals surface area (Å²) in [5.41, 5.74) is 0. The van der Waals surface area contributed by atoms with Crippen molar-refractivity contribution in [3.63, 3.8) is 0 Å². The average Bonchev–Trinajstić information content (AvgIpc) is 2.37. The van der Waals surface area contributed by atoms with Crippen molar-refractivity contribution in [1.29, 1.82) is 0 Å². The molecule has 0 amide bonds. The van der Waals surface area contributed by atoms with Gasteiger partial charge in [-0.3, -0.25) is 4.90 Å². The highest BCUT2D eigenvalue weighted by Crippen LogP contribution is 2.11. The zero-order chi connectivity index (χ0) is 14.1. The zero-order valence-corrected chi connectivity index (χ0v) is 11.7. The molecular weight excluding hydrogens is 262 g/mol. The predicted molar refractivity (Wildman–Crippen MR) is 77.7 cm³/mol. The van der Waals surface area contributed by atoms with Gasteiger partial charge in [0.25, 0.3) is 0 Å².